The third-order valence-corrected chi connectivity index (χ3v) is 3.30. The van der Waals surface area contributed by atoms with Crippen LogP contribution in [0, 0.1) is 17.5 Å². The van der Waals surface area contributed by atoms with Gasteiger partial charge in [-0.05, 0) is 23.8 Å². The average Bonchev–Trinajstić information content (AvgIpc) is 2.36. The smallest absolute Gasteiger partial charge is 0.134 e. The Kier molecular flexibility index (Phi) is 4.35. The molecule has 0 saturated heterocycles. The van der Waals surface area contributed by atoms with E-state index in [1.807, 2.05) is 0 Å². The van der Waals surface area contributed by atoms with E-state index in [1.165, 1.54) is 19.2 Å². The number of nitrogens with two attached hydrogens (primary N) is 1. The summed E-state index contributed by atoms with van der Waals surface area (Å²) >= 11 is 3.11. The van der Waals surface area contributed by atoms with Gasteiger partial charge in [0.05, 0.1) is 13.2 Å². The average molecular weight is 346 g/mol. The number of hydrogen-bond donors (Lipinski definition) is 1. The van der Waals surface area contributed by atoms with Crippen LogP contribution in [-0.2, 0) is 0 Å². The Morgan fingerprint density at radius 2 is 1.65 bits per heavy atom. The maximum Gasteiger partial charge on any atom is 0.134 e. The SMILES string of the molecule is COc1cc(F)c(C(N)c2cc(F)cc(Br)c2)c(F)c1. The fourth-order valence-corrected chi connectivity index (χ4v) is 2.38. The van der Waals surface area contributed by atoms with E-state index in [0.717, 1.165) is 18.2 Å². The van der Waals surface area contributed by atoms with Gasteiger partial charge in [0.25, 0.3) is 0 Å². The second-order valence-corrected chi connectivity index (χ2v) is 5.10. The first kappa shape index (κ1) is 14.9. The third kappa shape index (κ3) is 2.96. The molecule has 2 rings (SSSR count). The van der Waals surface area contributed by atoms with Crippen molar-refractivity contribution >= 4 is 15.9 Å². The predicted octanol–water partition coefficient (Wildman–Crippen LogP) is 3.92. The molecule has 0 bridgehead atoms. The van der Waals surface area contributed by atoms with Gasteiger partial charge in [0, 0.05) is 22.2 Å². The molecule has 0 saturated carbocycles. The zero-order chi connectivity index (χ0) is 14.9. The van der Waals surface area contributed by atoms with Gasteiger partial charge in [-0.25, -0.2) is 13.2 Å². The summed E-state index contributed by atoms with van der Waals surface area (Å²) in [4.78, 5) is 0. The lowest BCUT2D eigenvalue weighted by Gasteiger charge is -2.16. The van der Waals surface area contributed by atoms with Crippen molar-refractivity contribution in [3.8, 4) is 5.75 Å². The summed E-state index contributed by atoms with van der Waals surface area (Å²) in [5.41, 5.74) is 5.77. The molecule has 20 heavy (non-hydrogen) atoms. The number of hydrogen-bond acceptors (Lipinski definition) is 2. The molecule has 2 aromatic rings. The van der Waals surface area contributed by atoms with Crippen LogP contribution < -0.4 is 10.5 Å². The molecule has 2 nitrogen and oxygen atoms in total. The summed E-state index contributed by atoms with van der Waals surface area (Å²) in [6.07, 6.45) is 0. The molecule has 0 amide bonds. The lowest BCUT2D eigenvalue weighted by molar-refractivity contribution is 0.404. The van der Waals surface area contributed by atoms with Crippen LogP contribution in [-0.4, -0.2) is 7.11 Å². The van der Waals surface area contributed by atoms with E-state index in [0.29, 0.717) is 4.47 Å². The van der Waals surface area contributed by atoms with E-state index in [4.69, 9.17) is 10.5 Å². The summed E-state index contributed by atoms with van der Waals surface area (Å²) in [5.74, 6) is -2.17. The Hall–Kier alpha value is -1.53. The fourth-order valence-electron chi connectivity index (χ4n) is 1.90. The van der Waals surface area contributed by atoms with E-state index >= 15 is 0 Å². The highest BCUT2D eigenvalue weighted by Gasteiger charge is 2.20. The van der Waals surface area contributed by atoms with Gasteiger partial charge in [-0.15, -0.1) is 0 Å². The van der Waals surface area contributed by atoms with E-state index < -0.39 is 23.5 Å². The molecule has 6 heteroatoms. The third-order valence-electron chi connectivity index (χ3n) is 2.84. The number of halogens is 4. The molecule has 0 aromatic heterocycles. The first-order valence-electron chi connectivity index (χ1n) is 5.67. The molecule has 106 valence electrons. The van der Waals surface area contributed by atoms with Crippen molar-refractivity contribution in [1.29, 1.82) is 0 Å². The monoisotopic (exact) mass is 345 g/mol. The van der Waals surface area contributed by atoms with Crippen molar-refractivity contribution < 1.29 is 17.9 Å². The van der Waals surface area contributed by atoms with Crippen LogP contribution in [0.1, 0.15) is 17.2 Å². The number of ether oxygens (including phenoxy) is 1. The van der Waals surface area contributed by atoms with Gasteiger partial charge in [0.2, 0.25) is 0 Å². The molecule has 2 aromatic carbocycles. The van der Waals surface area contributed by atoms with Gasteiger partial charge in [0.15, 0.2) is 0 Å². The van der Waals surface area contributed by atoms with Gasteiger partial charge >= 0.3 is 0 Å². The lowest BCUT2D eigenvalue weighted by atomic mass is 9.98. The number of methoxy groups -OCH3 is 1. The fraction of sp³-hybridized carbons (Fsp3) is 0.143. The summed E-state index contributed by atoms with van der Waals surface area (Å²) in [6, 6.07) is 4.83. The van der Waals surface area contributed by atoms with Gasteiger partial charge in [-0.2, -0.15) is 0 Å². The summed E-state index contributed by atoms with van der Waals surface area (Å²) in [7, 11) is 1.30. The van der Waals surface area contributed by atoms with E-state index in [9.17, 15) is 13.2 Å². The zero-order valence-electron chi connectivity index (χ0n) is 10.5. The molecule has 1 unspecified atom stereocenters. The minimum Gasteiger partial charge on any atom is -0.497 e. The second-order valence-electron chi connectivity index (χ2n) is 4.19. The molecule has 0 fully saturated rings. The van der Waals surface area contributed by atoms with Gasteiger partial charge in [-0.3, -0.25) is 0 Å². The molecule has 0 aliphatic carbocycles. The molecule has 0 radical (unpaired) electrons. The van der Waals surface area contributed by atoms with Crippen molar-refractivity contribution in [1.82, 2.24) is 0 Å². The highest BCUT2D eigenvalue weighted by molar-refractivity contribution is 9.10. The van der Waals surface area contributed by atoms with Crippen LogP contribution in [0.4, 0.5) is 13.2 Å². The molecule has 0 heterocycles. The van der Waals surface area contributed by atoms with Crippen molar-refractivity contribution in [2.24, 2.45) is 5.73 Å². The zero-order valence-corrected chi connectivity index (χ0v) is 12.0. The Labute approximate surface area is 122 Å². The van der Waals surface area contributed by atoms with Gasteiger partial charge in [0.1, 0.15) is 23.2 Å². The molecule has 0 aliphatic rings. The van der Waals surface area contributed by atoms with Crippen LogP contribution in [0.3, 0.4) is 0 Å². The highest BCUT2D eigenvalue weighted by atomic mass is 79.9. The van der Waals surface area contributed by atoms with Gasteiger partial charge in [-0.1, -0.05) is 15.9 Å². The Morgan fingerprint density at radius 3 is 2.15 bits per heavy atom. The molecule has 0 spiro atoms. The Morgan fingerprint density at radius 1 is 1.05 bits per heavy atom. The van der Waals surface area contributed by atoms with Crippen molar-refractivity contribution in [2.75, 3.05) is 7.11 Å². The summed E-state index contributed by atoms with van der Waals surface area (Å²) < 4.78 is 46.4. The largest absolute Gasteiger partial charge is 0.497 e. The molecule has 2 N–H and O–H groups in total. The summed E-state index contributed by atoms with van der Waals surface area (Å²) in [6.45, 7) is 0. The number of rotatable bonds is 3. The Bertz CT molecular complexity index is 605. The van der Waals surface area contributed by atoms with Crippen LogP contribution in [0.15, 0.2) is 34.8 Å². The van der Waals surface area contributed by atoms with Crippen molar-refractivity contribution in [2.45, 2.75) is 6.04 Å². The van der Waals surface area contributed by atoms with Crippen LogP contribution in [0.25, 0.3) is 0 Å². The van der Waals surface area contributed by atoms with Crippen LogP contribution in [0.5, 0.6) is 5.75 Å². The molecular weight excluding hydrogens is 335 g/mol. The van der Waals surface area contributed by atoms with Crippen LogP contribution in [0.2, 0.25) is 0 Å². The molecule has 0 aliphatic heterocycles. The van der Waals surface area contributed by atoms with Crippen molar-refractivity contribution in [3.63, 3.8) is 0 Å². The normalized spacial score (nSPS) is 12.3. The maximum atomic E-state index is 13.9. The topological polar surface area (TPSA) is 35.2 Å². The van der Waals surface area contributed by atoms with Crippen molar-refractivity contribution in [3.05, 3.63) is 63.4 Å². The maximum absolute atomic E-state index is 13.9. The quantitative estimate of drug-likeness (QED) is 0.914. The standard InChI is InChI=1S/C14H11BrF3NO/c1-20-10-5-11(17)13(12(18)6-10)14(19)7-2-8(15)4-9(16)3-7/h2-6,14H,19H2,1H3. The Balaban J connectivity index is 2.50. The molecule has 1 atom stereocenters. The first-order chi connectivity index (χ1) is 9.42. The highest BCUT2D eigenvalue weighted by Crippen LogP contribution is 2.30. The van der Waals surface area contributed by atoms with Gasteiger partial charge < -0.3 is 10.5 Å². The van der Waals surface area contributed by atoms with E-state index in [1.54, 1.807) is 0 Å². The predicted molar refractivity (Wildman–Crippen MR) is 73.0 cm³/mol. The minimum absolute atomic E-state index is 0.0522. The van der Waals surface area contributed by atoms with Crippen LogP contribution >= 0.6 is 15.9 Å². The first-order valence-corrected chi connectivity index (χ1v) is 6.46. The van der Waals surface area contributed by atoms with E-state index in [2.05, 4.69) is 15.9 Å². The second kappa shape index (κ2) is 5.85. The van der Waals surface area contributed by atoms with E-state index in [-0.39, 0.29) is 16.9 Å². The summed E-state index contributed by atoms with van der Waals surface area (Å²) in [5, 5.41) is 0. The molecular formula is C14H11BrF3NO. The minimum atomic E-state index is -1.12. The lowest BCUT2D eigenvalue weighted by Crippen LogP contribution is -2.16. The number of benzene rings is 2.